The predicted octanol–water partition coefficient (Wildman–Crippen LogP) is 3.11. The molecule has 0 spiro atoms. The third-order valence-corrected chi connectivity index (χ3v) is 2.82. The first-order valence-electron chi connectivity index (χ1n) is 6.34. The molecule has 1 aromatic carbocycles. The molecule has 20 heavy (non-hydrogen) atoms. The summed E-state index contributed by atoms with van der Waals surface area (Å²) >= 11 is 0. The fraction of sp³-hybridized carbons (Fsp3) is 0.286. The van der Waals surface area contributed by atoms with Crippen LogP contribution in [0.4, 0.5) is 21.7 Å². The summed E-state index contributed by atoms with van der Waals surface area (Å²) in [6, 6.07) is 4.72. The van der Waals surface area contributed by atoms with Gasteiger partial charge in [0.1, 0.15) is 18.0 Å². The maximum atomic E-state index is 13.8. The molecule has 106 valence electrons. The lowest BCUT2D eigenvalue weighted by molar-refractivity contribution is 0.321. The van der Waals surface area contributed by atoms with Crippen LogP contribution in [0.3, 0.4) is 0 Å². The minimum absolute atomic E-state index is 0.244. The Morgan fingerprint density at radius 1 is 1.25 bits per heavy atom. The van der Waals surface area contributed by atoms with Gasteiger partial charge in [-0.2, -0.15) is 0 Å². The van der Waals surface area contributed by atoms with Crippen molar-refractivity contribution in [3.63, 3.8) is 0 Å². The summed E-state index contributed by atoms with van der Waals surface area (Å²) in [5, 5.41) is 6.04. The number of benzene rings is 1. The first-order valence-corrected chi connectivity index (χ1v) is 6.34. The maximum Gasteiger partial charge on any atom is 0.167 e. The molecule has 0 saturated heterocycles. The van der Waals surface area contributed by atoms with Crippen molar-refractivity contribution in [3.8, 4) is 5.75 Å². The zero-order valence-corrected chi connectivity index (χ0v) is 11.7. The van der Waals surface area contributed by atoms with E-state index in [1.54, 1.807) is 19.2 Å². The predicted molar refractivity (Wildman–Crippen MR) is 77.2 cm³/mol. The van der Waals surface area contributed by atoms with E-state index in [0.29, 0.717) is 18.1 Å². The van der Waals surface area contributed by atoms with Crippen LogP contribution >= 0.6 is 0 Å². The Balaban J connectivity index is 2.24. The number of nitrogens with zero attached hydrogens (tertiary/aromatic N) is 2. The van der Waals surface area contributed by atoms with E-state index in [-0.39, 0.29) is 5.75 Å². The summed E-state index contributed by atoms with van der Waals surface area (Å²) < 4.78 is 18.9. The molecule has 0 unspecified atom stereocenters. The van der Waals surface area contributed by atoms with Gasteiger partial charge in [-0.15, -0.1) is 0 Å². The van der Waals surface area contributed by atoms with E-state index in [9.17, 15) is 4.39 Å². The summed E-state index contributed by atoms with van der Waals surface area (Å²) in [7, 11) is 1.79. The first-order chi connectivity index (χ1) is 9.65. The monoisotopic (exact) mass is 276 g/mol. The topological polar surface area (TPSA) is 59.1 Å². The number of hydrogen-bond acceptors (Lipinski definition) is 5. The quantitative estimate of drug-likeness (QED) is 0.878. The second-order valence-electron chi connectivity index (χ2n) is 4.15. The Bertz CT molecular complexity index is 604. The lowest BCUT2D eigenvalue weighted by Gasteiger charge is -2.12. The van der Waals surface area contributed by atoms with E-state index in [2.05, 4.69) is 20.6 Å². The van der Waals surface area contributed by atoms with Crippen LogP contribution in [-0.2, 0) is 0 Å². The van der Waals surface area contributed by atoms with Crippen LogP contribution in [0.25, 0.3) is 0 Å². The minimum Gasteiger partial charge on any atom is -0.491 e. The summed E-state index contributed by atoms with van der Waals surface area (Å²) in [5.41, 5.74) is 1.47. The number of nitrogens with one attached hydrogen (secondary N) is 2. The molecular formula is C14H17FN4O. The summed E-state index contributed by atoms with van der Waals surface area (Å²) in [5.74, 6) is 1.20. The average Bonchev–Trinajstić information content (AvgIpc) is 2.44. The smallest absolute Gasteiger partial charge is 0.167 e. The molecule has 0 aliphatic rings. The third kappa shape index (κ3) is 2.96. The van der Waals surface area contributed by atoms with Gasteiger partial charge in [-0.3, -0.25) is 0 Å². The summed E-state index contributed by atoms with van der Waals surface area (Å²) in [6.45, 7) is 4.13. The molecule has 5 nitrogen and oxygen atoms in total. The van der Waals surface area contributed by atoms with Gasteiger partial charge in [-0.1, -0.05) is 0 Å². The third-order valence-electron chi connectivity index (χ3n) is 2.82. The SMILES string of the molecule is CCOc1ccc(Nc2ncnc(NC)c2C)cc1F. The van der Waals surface area contributed by atoms with Gasteiger partial charge in [0.15, 0.2) is 11.6 Å². The van der Waals surface area contributed by atoms with Gasteiger partial charge in [0, 0.05) is 24.4 Å². The molecule has 2 aromatic rings. The van der Waals surface area contributed by atoms with Gasteiger partial charge < -0.3 is 15.4 Å². The highest BCUT2D eigenvalue weighted by Crippen LogP contribution is 2.25. The molecule has 1 aromatic heterocycles. The lowest BCUT2D eigenvalue weighted by Crippen LogP contribution is -2.03. The number of rotatable bonds is 5. The standard InChI is InChI=1S/C14H17FN4O/c1-4-20-12-6-5-10(7-11(12)15)19-14-9(2)13(16-3)17-8-18-14/h5-8H,4H2,1-3H3,(H2,16,17,18,19). The molecule has 0 amide bonds. The van der Waals surface area contributed by atoms with Gasteiger partial charge in [-0.25, -0.2) is 14.4 Å². The normalized spacial score (nSPS) is 10.2. The molecule has 2 N–H and O–H groups in total. The van der Waals surface area contributed by atoms with Crippen molar-refractivity contribution < 1.29 is 9.13 Å². The molecule has 6 heteroatoms. The van der Waals surface area contributed by atoms with Gasteiger partial charge >= 0.3 is 0 Å². The Hall–Kier alpha value is -2.37. The molecule has 0 aliphatic heterocycles. The number of halogens is 1. The van der Waals surface area contributed by atoms with E-state index in [0.717, 1.165) is 11.4 Å². The summed E-state index contributed by atoms with van der Waals surface area (Å²) in [6.07, 6.45) is 1.45. The van der Waals surface area contributed by atoms with Crippen molar-refractivity contribution in [2.75, 3.05) is 24.3 Å². The number of hydrogen-bond donors (Lipinski definition) is 2. The van der Waals surface area contributed by atoms with Crippen LogP contribution in [0.5, 0.6) is 5.75 Å². The zero-order chi connectivity index (χ0) is 14.5. The van der Waals surface area contributed by atoms with Crippen molar-refractivity contribution in [2.45, 2.75) is 13.8 Å². The van der Waals surface area contributed by atoms with Gasteiger partial charge in [0.25, 0.3) is 0 Å². The highest BCUT2D eigenvalue weighted by Gasteiger charge is 2.08. The highest BCUT2D eigenvalue weighted by molar-refractivity contribution is 5.64. The van der Waals surface area contributed by atoms with Crippen molar-refractivity contribution in [2.24, 2.45) is 0 Å². The van der Waals surface area contributed by atoms with Crippen molar-refractivity contribution in [1.82, 2.24) is 9.97 Å². The molecule has 0 saturated carbocycles. The molecule has 2 rings (SSSR count). The van der Waals surface area contributed by atoms with Crippen LogP contribution in [0.1, 0.15) is 12.5 Å². The van der Waals surface area contributed by atoms with Crippen molar-refractivity contribution >= 4 is 17.3 Å². The largest absolute Gasteiger partial charge is 0.491 e. The Labute approximate surface area is 117 Å². The molecule has 0 bridgehead atoms. The number of aromatic nitrogens is 2. The van der Waals surface area contributed by atoms with E-state index in [4.69, 9.17) is 4.74 Å². The number of anilines is 3. The van der Waals surface area contributed by atoms with Crippen LogP contribution in [0.15, 0.2) is 24.5 Å². The van der Waals surface area contributed by atoms with Crippen molar-refractivity contribution in [1.29, 1.82) is 0 Å². The maximum absolute atomic E-state index is 13.8. The number of ether oxygens (including phenoxy) is 1. The van der Waals surface area contributed by atoms with E-state index in [1.165, 1.54) is 12.4 Å². The minimum atomic E-state index is -0.405. The fourth-order valence-electron chi connectivity index (χ4n) is 1.82. The Kier molecular flexibility index (Phi) is 4.34. The van der Waals surface area contributed by atoms with E-state index < -0.39 is 5.82 Å². The zero-order valence-electron chi connectivity index (χ0n) is 11.7. The first kappa shape index (κ1) is 14.0. The molecule has 0 atom stereocenters. The van der Waals surface area contributed by atoms with Gasteiger partial charge in [0.2, 0.25) is 0 Å². The Morgan fingerprint density at radius 2 is 2.00 bits per heavy atom. The van der Waals surface area contributed by atoms with Crippen LogP contribution in [0, 0.1) is 12.7 Å². The van der Waals surface area contributed by atoms with Crippen LogP contribution in [-0.4, -0.2) is 23.6 Å². The van der Waals surface area contributed by atoms with Gasteiger partial charge in [-0.05, 0) is 26.0 Å². The lowest BCUT2D eigenvalue weighted by atomic mass is 10.2. The molecule has 0 fully saturated rings. The molecule has 0 aliphatic carbocycles. The van der Waals surface area contributed by atoms with Crippen LogP contribution in [0.2, 0.25) is 0 Å². The fourth-order valence-corrected chi connectivity index (χ4v) is 1.82. The summed E-state index contributed by atoms with van der Waals surface area (Å²) in [4.78, 5) is 8.25. The second kappa shape index (κ2) is 6.18. The molecule has 0 radical (unpaired) electrons. The van der Waals surface area contributed by atoms with Crippen LogP contribution < -0.4 is 15.4 Å². The second-order valence-corrected chi connectivity index (χ2v) is 4.15. The molecular weight excluding hydrogens is 259 g/mol. The highest BCUT2D eigenvalue weighted by atomic mass is 19.1. The van der Waals surface area contributed by atoms with Gasteiger partial charge in [0.05, 0.1) is 6.61 Å². The molecule has 1 heterocycles. The van der Waals surface area contributed by atoms with Crippen molar-refractivity contribution in [3.05, 3.63) is 35.9 Å². The average molecular weight is 276 g/mol. The van der Waals surface area contributed by atoms with E-state index in [1.807, 2.05) is 13.8 Å². The van der Waals surface area contributed by atoms with E-state index >= 15 is 0 Å². The Morgan fingerprint density at radius 3 is 2.65 bits per heavy atom.